The third-order valence-corrected chi connectivity index (χ3v) is 5.38. The molecule has 1 aliphatic rings. The molecule has 2 aromatic heterocycles. The Balaban J connectivity index is 1.82. The van der Waals surface area contributed by atoms with Crippen LogP contribution in [0.5, 0.6) is 11.5 Å². The van der Waals surface area contributed by atoms with E-state index in [9.17, 15) is 9.59 Å². The number of fused-ring (bicyclic) bond motifs is 2. The Bertz CT molecular complexity index is 1230. The van der Waals surface area contributed by atoms with Crippen molar-refractivity contribution in [3.63, 3.8) is 0 Å². The highest BCUT2D eigenvalue weighted by Crippen LogP contribution is 2.41. The fourth-order valence-electron chi connectivity index (χ4n) is 3.17. The second kappa shape index (κ2) is 7.63. The van der Waals surface area contributed by atoms with Gasteiger partial charge < -0.3 is 18.3 Å². The van der Waals surface area contributed by atoms with Gasteiger partial charge in [0.25, 0.3) is 0 Å². The minimum atomic E-state index is -0.320. The molecule has 9 nitrogen and oxygen atoms in total. The number of thioether (sulfide) groups is 1. The molecule has 0 saturated carbocycles. The zero-order chi connectivity index (χ0) is 20.5. The smallest absolute Gasteiger partial charge is 0.239 e. The first kappa shape index (κ1) is 19.1. The number of amides is 1. The van der Waals surface area contributed by atoms with Gasteiger partial charge >= 0.3 is 0 Å². The summed E-state index contributed by atoms with van der Waals surface area (Å²) in [7, 11) is 2.93. The average Bonchev–Trinajstić information content (AvgIpc) is 3.33. The molecule has 1 fully saturated rings. The van der Waals surface area contributed by atoms with Crippen LogP contribution in [0.4, 0.5) is 0 Å². The molecule has 4 rings (SSSR count). The fraction of sp³-hybridized carbons (Fsp3) is 0.263. The summed E-state index contributed by atoms with van der Waals surface area (Å²) >= 11 is 1.31. The Hall–Kier alpha value is -3.27. The van der Waals surface area contributed by atoms with Gasteiger partial charge in [-0.2, -0.15) is 5.10 Å². The zero-order valence-electron chi connectivity index (χ0n) is 15.9. The van der Waals surface area contributed by atoms with Crippen LogP contribution < -0.4 is 14.9 Å². The molecule has 1 aliphatic heterocycles. The Morgan fingerprint density at radius 3 is 2.76 bits per heavy atom. The number of rotatable bonds is 5. The summed E-state index contributed by atoms with van der Waals surface area (Å²) in [6, 6.07) is 2.99. The van der Waals surface area contributed by atoms with Crippen molar-refractivity contribution in [1.82, 2.24) is 4.90 Å². The molecular formula is C19H17N3O6S. The van der Waals surface area contributed by atoms with Crippen LogP contribution >= 0.6 is 11.8 Å². The van der Waals surface area contributed by atoms with Gasteiger partial charge in [0.05, 0.1) is 37.8 Å². The lowest BCUT2D eigenvalue weighted by Gasteiger charge is -2.11. The van der Waals surface area contributed by atoms with Crippen LogP contribution in [-0.4, -0.2) is 48.7 Å². The van der Waals surface area contributed by atoms with Crippen molar-refractivity contribution in [2.45, 2.75) is 6.92 Å². The van der Waals surface area contributed by atoms with E-state index in [1.165, 1.54) is 44.5 Å². The van der Waals surface area contributed by atoms with Crippen molar-refractivity contribution >= 4 is 51.0 Å². The summed E-state index contributed by atoms with van der Waals surface area (Å²) in [5.41, 5.74) is 0.280. The molecule has 150 valence electrons. The number of methoxy groups -OCH3 is 2. The molecule has 0 N–H and O–H groups in total. The maximum Gasteiger partial charge on any atom is 0.239 e. The van der Waals surface area contributed by atoms with Crippen LogP contribution in [0.2, 0.25) is 0 Å². The number of furan rings is 1. The molecule has 3 aromatic rings. The van der Waals surface area contributed by atoms with Crippen molar-refractivity contribution < 1.29 is 23.1 Å². The summed E-state index contributed by atoms with van der Waals surface area (Å²) in [5, 5.41) is 9.41. The summed E-state index contributed by atoms with van der Waals surface area (Å²) < 4.78 is 22.2. The first-order valence-electron chi connectivity index (χ1n) is 8.72. The van der Waals surface area contributed by atoms with Crippen LogP contribution in [0.25, 0.3) is 21.9 Å². The standard InChI is InChI=1S/C19H17N3O6S/c1-4-22-13(24)9-29-19(22)21-20-8-10-7-12(23)14-15(25-2)11-5-6-27-16(11)18(26-3)17(14)28-10/h5-8H,4,9H2,1-3H3/b20-8+,21-19+. The van der Waals surface area contributed by atoms with E-state index in [0.717, 1.165) is 0 Å². The predicted molar refractivity (Wildman–Crippen MR) is 110 cm³/mol. The Morgan fingerprint density at radius 2 is 2.03 bits per heavy atom. The molecule has 0 unspecified atom stereocenters. The number of carbonyl (C=O) groups is 1. The van der Waals surface area contributed by atoms with E-state index >= 15 is 0 Å². The first-order valence-corrected chi connectivity index (χ1v) is 9.70. The number of nitrogens with zero attached hydrogens (tertiary/aromatic N) is 3. The second-order valence-electron chi connectivity index (χ2n) is 6.00. The zero-order valence-corrected chi connectivity index (χ0v) is 16.7. The van der Waals surface area contributed by atoms with Gasteiger partial charge in [-0.1, -0.05) is 11.8 Å². The maximum atomic E-state index is 12.8. The van der Waals surface area contributed by atoms with E-state index in [1.54, 1.807) is 11.0 Å². The van der Waals surface area contributed by atoms with Crippen molar-refractivity contribution in [2.75, 3.05) is 26.5 Å². The molecule has 10 heteroatoms. The van der Waals surface area contributed by atoms with Crippen LogP contribution in [0, 0.1) is 0 Å². The number of carbonyl (C=O) groups excluding carboxylic acids is 1. The van der Waals surface area contributed by atoms with Crippen LogP contribution in [0.15, 0.2) is 42.2 Å². The quantitative estimate of drug-likeness (QED) is 0.466. The summed E-state index contributed by atoms with van der Waals surface area (Å²) in [6.45, 7) is 2.38. The van der Waals surface area contributed by atoms with E-state index in [-0.39, 0.29) is 33.8 Å². The minimum Gasteiger partial charge on any atom is -0.495 e. The first-order chi connectivity index (χ1) is 14.1. The Morgan fingerprint density at radius 1 is 1.24 bits per heavy atom. The summed E-state index contributed by atoms with van der Waals surface area (Å²) in [6.07, 6.45) is 2.79. The maximum absolute atomic E-state index is 12.8. The minimum absolute atomic E-state index is 0.0111. The van der Waals surface area contributed by atoms with Crippen molar-refractivity contribution in [3.8, 4) is 11.5 Å². The summed E-state index contributed by atoms with van der Waals surface area (Å²) in [4.78, 5) is 26.1. The second-order valence-corrected chi connectivity index (χ2v) is 6.94. The largest absolute Gasteiger partial charge is 0.495 e. The topological polar surface area (TPSA) is 107 Å². The van der Waals surface area contributed by atoms with E-state index in [4.69, 9.17) is 18.3 Å². The van der Waals surface area contributed by atoms with Crippen molar-refractivity contribution in [3.05, 3.63) is 34.4 Å². The number of hydrogen-bond donors (Lipinski definition) is 0. The molecule has 3 heterocycles. The van der Waals surface area contributed by atoms with Gasteiger partial charge in [0.15, 0.2) is 27.5 Å². The molecule has 1 aromatic carbocycles. The average molecular weight is 415 g/mol. The SMILES string of the molecule is CCN1C(=O)CS/C1=N/N=C/c1cc(=O)c2c(OC)c3ccoc3c(OC)c2o1. The van der Waals surface area contributed by atoms with E-state index in [1.807, 2.05) is 6.92 Å². The highest BCUT2D eigenvalue weighted by atomic mass is 32.2. The van der Waals surface area contributed by atoms with Gasteiger partial charge in [-0.25, -0.2) is 0 Å². The van der Waals surface area contributed by atoms with Crippen LogP contribution in [0.1, 0.15) is 12.7 Å². The third kappa shape index (κ3) is 3.15. The van der Waals surface area contributed by atoms with Crippen molar-refractivity contribution in [1.29, 1.82) is 0 Å². The molecule has 0 bridgehead atoms. The molecule has 0 spiro atoms. The molecule has 0 atom stereocenters. The molecule has 1 saturated heterocycles. The van der Waals surface area contributed by atoms with Crippen LogP contribution in [-0.2, 0) is 4.79 Å². The lowest BCUT2D eigenvalue weighted by molar-refractivity contribution is -0.123. The third-order valence-electron chi connectivity index (χ3n) is 4.43. The van der Waals surface area contributed by atoms with E-state index in [2.05, 4.69) is 10.2 Å². The highest BCUT2D eigenvalue weighted by Gasteiger charge is 2.26. The molecule has 0 aliphatic carbocycles. The number of hydrogen-bond acceptors (Lipinski definition) is 9. The number of benzene rings is 1. The molecule has 0 radical (unpaired) electrons. The monoisotopic (exact) mass is 415 g/mol. The van der Waals surface area contributed by atoms with Gasteiger partial charge in [-0.15, -0.1) is 5.10 Å². The van der Waals surface area contributed by atoms with Gasteiger partial charge in [0.2, 0.25) is 11.7 Å². The normalized spacial score (nSPS) is 16.0. The Labute approximate surface area is 169 Å². The predicted octanol–water partition coefficient (Wildman–Crippen LogP) is 2.84. The fourth-order valence-corrected chi connectivity index (χ4v) is 4.07. The van der Waals surface area contributed by atoms with E-state index < -0.39 is 0 Å². The molecule has 29 heavy (non-hydrogen) atoms. The lowest BCUT2D eigenvalue weighted by atomic mass is 10.1. The van der Waals surface area contributed by atoms with Crippen molar-refractivity contribution in [2.24, 2.45) is 10.2 Å². The van der Waals surface area contributed by atoms with Gasteiger partial charge in [-0.05, 0) is 13.0 Å². The van der Waals surface area contributed by atoms with Gasteiger partial charge in [-0.3, -0.25) is 14.5 Å². The Kier molecular flexibility index (Phi) is 5.01. The van der Waals surface area contributed by atoms with E-state index in [0.29, 0.717) is 34.2 Å². The molecule has 1 amide bonds. The van der Waals surface area contributed by atoms with Crippen LogP contribution in [0.3, 0.4) is 0 Å². The molecular weight excluding hydrogens is 398 g/mol. The van der Waals surface area contributed by atoms with Gasteiger partial charge in [0.1, 0.15) is 11.1 Å². The van der Waals surface area contributed by atoms with Gasteiger partial charge in [0, 0.05) is 12.6 Å². The number of ether oxygens (including phenoxy) is 2. The lowest BCUT2D eigenvalue weighted by Crippen LogP contribution is -2.28. The summed E-state index contributed by atoms with van der Waals surface area (Å²) in [5.74, 6) is 1.14. The highest BCUT2D eigenvalue weighted by molar-refractivity contribution is 8.15. The number of amidine groups is 1.